The molecular weight excluding hydrogens is 470 g/mol. The lowest BCUT2D eigenvalue weighted by Gasteiger charge is -2.09. The molecule has 0 aliphatic rings. The van der Waals surface area contributed by atoms with Crippen LogP contribution in [0.5, 0.6) is 0 Å². The molecule has 0 bridgehead atoms. The van der Waals surface area contributed by atoms with Crippen LogP contribution in [0.3, 0.4) is 0 Å². The van der Waals surface area contributed by atoms with E-state index in [1.165, 1.54) is 25.4 Å². The number of fused-ring (bicyclic) bond motifs is 3. The predicted octanol–water partition coefficient (Wildman–Crippen LogP) is 4.42. The van der Waals surface area contributed by atoms with E-state index in [4.69, 9.17) is 5.21 Å². The maximum absolute atomic E-state index is 12.7. The van der Waals surface area contributed by atoms with Gasteiger partial charge in [-0.25, -0.2) is 5.48 Å². The summed E-state index contributed by atoms with van der Waals surface area (Å²) in [6.07, 6.45) is 3.03. The van der Waals surface area contributed by atoms with Crippen LogP contribution in [0.25, 0.3) is 27.9 Å². The van der Waals surface area contributed by atoms with Gasteiger partial charge in [0.2, 0.25) is 5.91 Å². The van der Waals surface area contributed by atoms with Crippen LogP contribution in [-0.2, 0) is 22.7 Å². The molecule has 1 aromatic heterocycles. The molecule has 0 aliphatic heterocycles. The van der Waals surface area contributed by atoms with Gasteiger partial charge in [-0.15, -0.1) is 0 Å². The van der Waals surface area contributed by atoms with Gasteiger partial charge in [-0.1, -0.05) is 24.3 Å². The highest BCUT2D eigenvalue weighted by Crippen LogP contribution is 2.31. The average Bonchev–Trinajstić information content (AvgIpc) is 3.21. The van der Waals surface area contributed by atoms with Crippen LogP contribution < -0.4 is 10.8 Å². The zero-order valence-electron chi connectivity index (χ0n) is 20.6. The van der Waals surface area contributed by atoms with E-state index in [1.54, 1.807) is 18.2 Å². The fourth-order valence-corrected chi connectivity index (χ4v) is 4.24. The number of hydrogen-bond donors (Lipinski definition) is 3. The molecule has 3 N–H and O–H groups in total. The van der Waals surface area contributed by atoms with Crippen molar-refractivity contribution in [3.63, 3.8) is 0 Å². The largest absolute Gasteiger partial charge is 0.352 e. The van der Waals surface area contributed by atoms with Gasteiger partial charge >= 0.3 is 0 Å². The Morgan fingerprint density at radius 3 is 1.92 bits per heavy atom. The second-order valence-corrected chi connectivity index (χ2v) is 8.81. The summed E-state index contributed by atoms with van der Waals surface area (Å²) in [7, 11) is 0. The number of rotatable bonds is 9. The molecule has 188 valence electrons. The van der Waals surface area contributed by atoms with Crippen molar-refractivity contribution in [2.75, 3.05) is 0 Å². The van der Waals surface area contributed by atoms with Crippen molar-refractivity contribution in [3.05, 3.63) is 89.0 Å². The molecular formula is C29H27N3O5. The minimum Gasteiger partial charge on any atom is -0.352 e. The van der Waals surface area contributed by atoms with Crippen LogP contribution in [0.4, 0.5) is 0 Å². The van der Waals surface area contributed by atoms with Gasteiger partial charge in [0.05, 0.1) is 0 Å². The van der Waals surface area contributed by atoms with Crippen LogP contribution in [0, 0.1) is 0 Å². The maximum Gasteiger partial charge on any atom is 0.267 e. The highest BCUT2D eigenvalue weighted by Gasteiger charge is 2.15. The predicted molar refractivity (Wildman–Crippen MR) is 141 cm³/mol. The van der Waals surface area contributed by atoms with Crippen molar-refractivity contribution in [1.82, 2.24) is 15.4 Å². The fraction of sp³-hybridized carbons (Fsp3) is 0.172. The molecule has 2 amide bonds. The number of benzene rings is 3. The first-order chi connectivity index (χ1) is 17.8. The summed E-state index contributed by atoms with van der Waals surface area (Å²) >= 11 is 0. The van der Waals surface area contributed by atoms with Gasteiger partial charge in [-0.2, -0.15) is 0 Å². The Morgan fingerprint density at radius 2 is 1.41 bits per heavy atom. The Balaban J connectivity index is 1.48. The number of hydrogen-bond acceptors (Lipinski definition) is 5. The summed E-state index contributed by atoms with van der Waals surface area (Å²) < 4.78 is 2.04. The van der Waals surface area contributed by atoms with Crippen molar-refractivity contribution < 1.29 is 24.4 Å². The van der Waals surface area contributed by atoms with Gasteiger partial charge in [-0.3, -0.25) is 24.4 Å². The van der Waals surface area contributed by atoms with Gasteiger partial charge in [0.15, 0.2) is 11.6 Å². The molecule has 0 fully saturated rings. The van der Waals surface area contributed by atoms with Crippen LogP contribution in [-0.4, -0.2) is 33.2 Å². The second kappa shape index (κ2) is 11.0. The smallest absolute Gasteiger partial charge is 0.267 e. The van der Waals surface area contributed by atoms with Crippen LogP contribution in [0.15, 0.2) is 66.7 Å². The Bertz CT molecular complexity index is 1480. The van der Waals surface area contributed by atoms with E-state index in [2.05, 4.69) is 5.32 Å². The number of nitrogens with one attached hydrogen (secondary N) is 2. The normalized spacial score (nSPS) is 11.2. The van der Waals surface area contributed by atoms with Crippen molar-refractivity contribution in [2.45, 2.75) is 33.4 Å². The van der Waals surface area contributed by atoms with E-state index in [0.717, 1.165) is 32.9 Å². The highest BCUT2D eigenvalue weighted by atomic mass is 16.5. The quantitative estimate of drug-likeness (QED) is 0.137. The molecule has 37 heavy (non-hydrogen) atoms. The maximum atomic E-state index is 12.7. The van der Waals surface area contributed by atoms with Crippen molar-refractivity contribution >= 4 is 51.3 Å². The van der Waals surface area contributed by atoms with Crippen molar-refractivity contribution in [3.8, 4) is 0 Å². The molecule has 4 aromatic rings. The van der Waals surface area contributed by atoms with Crippen LogP contribution >= 0.6 is 0 Å². The first-order valence-electron chi connectivity index (χ1n) is 11.8. The summed E-state index contributed by atoms with van der Waals surface area (Å²) in [6.45, 7) is 3.83. The van der Waals surface area contributed by atoms with E-state index in [9.17, 15) is 19.2 Å². The standard InChI is InChI=1S/C29H27N3O5/c1-18(33)22-8-10-26-24(15-22)25-16-23(19(2)34)9-11-27(25)32(26)14-13-28(35)30-17-21-5-3-20(4-6-21)7-12-29(36)31-37/h3-12,15-16,37H,13-14,17H2,1-2H3,(H,30,35)(H,31,36)/b12-7+. The summed E-state index contributed by atoms with van der Waals surface area (Å²) in [6, 6.07) is 18.3. The second-order valence-electron chi connectivity index (χ2n) is 8.81. The van der Waals surface area contributed by atoms with E-state index in [-0.39, 0.29) is 23.9 Å². The number of carbonyl (C=O) groups is 4. The van der Waals surface area contributed by atoms with Crippen LogP contribution in [0.2, 0.25) is 0 Å². The highest BCUT2D eigenvalue weighted by molar-refractivity contribution is 6.12. The molecule has 0 saturated carbocycles. The van der Waals surface area contributed by atoms with Crippen LogP contribution in [0.1, 0.15) is 52.1 Å². The lowest BCUT2D eigenvalue weighted by molar-refractivity contribution is -0.124. The number of hydroxylamine groups is 1. The monoisotopic (exact) mass is 497 g/mol. The molecule has 0 spiro atoms. The minimum atomic E-state index is -0.613. The first-order valence-corrected chi connectivity index (χ1v) is 11.8. The first kappa shape index (κ1) is 25.5. The molecule has 0 atom stereocenters. The summed E-state index contributed by atoms with van der Waals surface area (Å²) in [5.74, 6) is -0.799. The molecule has 0 aliphatic carbocycles. The van der Waals surface area contributed by atoms with Gasteiger partial charge in [0.25, 0.3) is 5.91 Å². The molecule has 3 aromatic carbocycles. The molecule has 8 heteroatoms. The average molecular weight is 498 g/mol. The molecule has 1 heterocycles. The summed E-state index contributed by atoms with van der Waals surface area (Å²) in [5, 5.41) is 13.2. The number of nitrogens with zero attached hydrogens (tertiary/aromatic N) is 1. The van der Waals surface area contributed by atoms with Crippen molar-refractivity contribution in [1.29, 1.82) is 0 Å². The minimum absolute atomic E-state index is 0.0374. The fourth-order valence-electron chi connectivity index (χ4n) is 4.24. The van der Waals surface area contributed by atoms with Gasteiger partial charge < -0.3 is 9.88 Å². The zero-order chi connectivity index (χ0) is 26.5. The number of aryl methyl sites for hydroxylation is 1. The molecule has 0 unspecified atom stereocenters. The SMILES string of the molecule is CC(=O)c1ccc2c(c1)c1cc(C(C)=O)ccc1n2CCC(=O)NCc1ccc(/C=C/C(=O)NO)cc1. The Kier molecular flexibility index (Phi) is 7.60. The van der Waals surface area contributed by atoms with E-state index < -0.39 is 5.91 Å². The number of ketones is 2. The number of Topliss-reactive ketones (excluding diaryl/α,β-unsaturated/α-hetero) is 2. The number of amides is 2. The number of carbonyl (C=O) groups excluding carboxylic acids is 4. The molecule has 0 saturated heterocycles. The topological polar surface area (TPSA) is 118 Å². The summed E-state index contributed by atoms with van der Waals surface area (Å²) in [4.78, 5) is 47.7. The number of aromatic nitrogens is 1. The third-order valence-corrected chi connectivity index (χ3v) is 6.25. The Hall–Kier alpha value is -4.56. The van der Waals surface area contributed by atoms with E-state index in [1.807, 2.05) is 53.1 Å². The van der Waals surface area contributed by atoms with Gasteiger partial charge in [0, 0.05) is 58.5 Å². The van der Waals surface area contributed by atoms with E-state index >= 15 is 0 Å². The Labute approximate surface area is 213 Å². The van der Waals surface area contributed by atoms with E-state index in [0.29, 0.717) is 24.2 Å². The third-order valence-electron chi connectivity index (χ3n) is 6.25. The van der Waals surface area contributed by atoms with Gasteiger partial charge in [-0.05, 0) is 67.4 Å². The third kappa shape index (κ3) is 5.82. The lowest BCUT2D eigenvalue weighted by atomic mass is 10.0. The molecule has 4 rings (SSSR count). The lowest BCUT2D eigenvalue weighted by Crippen LogP contribution is -2.23. The van der Waals surface area contributed by atoms with Gasteiger partial charge in [0.1, 0.15) is 0 Å². The van der Waals surface area contributed by atoms with Crippen molar-refractivity contribution in [2.24, 2.45) is 0 Å². The Morgan fingerprint density at radius 1 is 0.838 bits per heavy atom. The summed E-state index contributed by atoms with van der Waals surface area (Å²) in [5.41, 5.74) is 6.20. The zero-order valence-corrected chi connectivity index (χ0v) is 20.6. The molecule has 0 radical (unpaired) electrons. The molecule has 8 nitrogen and oxygen atoms in total.